The number of allylic oxidation sites excluding steroid dienone is 8. The van der Waals surface area contributed by atoms with Crippen LogP contribution in [-0.2, 0) is 0 Å². The van der Waals surface area contributed by atoms with Gasteiger partial charge in [-0.2, -0.15) is 0 Å². The third kappa shape index (κ3) is 2.73. The van der Waals surface area contributed by atoms with Crippen LogP contribution in [0.4, 0.5) is 0 Å². The molecule has 0 unspecified atom stereocenters. The van der Waals surface area contributed by atoms with E-state index in [1.165, 1.54) is 34.8 Å². The van der Waals surface area contributed by atoms with E-state index in [1.54, 1.807) is 0 Å². The van der Waals surface area contributed by atoms with E-state index in [-0.39, 0.29) is 0 Å². The van der Waals surface area contributed by atoms with Crippen molar-refractivity contribution < 1.29 is 0 Å². The lowest BCUT2D eigenvalue weighted by Gasteiger charge is -2.40. The first-order valence-electron chi connectivity index (χ1n) is 7.68. The van der Waals surface area contributed by atoms with Crippen LogP contribution in [0.25, 0.3) is 0 Å². The molecule has 10 radical (unpaired) electrons. The topological polar surface area (TPSA) is 0 Å². The summed E-state index contributed by atoms with van der Waals surface area (Å²) < 4.78 is 0. The molecule has 4 aliphatic carbocycles. The first-order valence-corrected chi connectivity index (χ1v) is 11.4. The summed E-state index contributed by atoms with van der Waals surface area (Å²) in [7, 11) is -1.80. The number of hydrogen-bond donors (Lipinski definition) is 0. The second-order valence-corrected chi connectivity index (χ2v) is 11.8. The highest BCUT2D eigenvalue weighted by Gasteiger charge is 2.54. The van der Waals surface area contributed by atoms with Crippen LogP contribution in [0, 0.1) is 60.4 Å². The quantitative estimate of drug-likeness (QED) is 0.578. The fourth-order valence-electron chi connectivity index (χ4n) is 3.59. The Morgan fingerprint density at radius 2 is 1.09 bits per heavy atom. The summed E-state index contributed by atoms with van der Waals surface area (Å²) in [6, 6.07) is 0. The third-order valence-electron chi connectivity index (χ3n) is 4.81. The predicted molar refractivity (Wildman–Crippen MR) is 100 cm³/mol. The van der Waals surface area contributed by atoms with Crippen LogP contribution in [0.2, 0.25) is 13.1 Å². The van der Waals surface area contributed by atoms with Crippen molar-refractivity contribution in [3.63, 3.8) is 0 Å². The Bertz CT molecular complexity index is 561. The zero-order valence-corrected chi connectivity index (χ0v) is 15.5. The van der Waals surface area contributed by atoms with Crippen LogP contribution >= 0.6 is 23.2 Å². The van der Waals surface area contributed by atoms with Crippen LogP contribution in [-0.4, -0.2) is 8.07 Å². The van der Waals surface area contributed by atoms with Gasteiger partial charge in [-0.1, -0.05) is 60.6 Å². The highest BCUT2D eigenvalue weighted by Crippen LogP contribution is 2.57. The van der Waals surface area contributed by atoms with E-state index < -0.39 is 8.07 Å². The average molecular weight is 355 g/mol. The van der Waals surface area contributed by atoms with Gasteiger partial charge < -0.3 is 0 Å². The van der Waals surface area contributed by atoms with Crippen molar-refractivity contribution in [2.24, 2.45) is 0 Å². The molecule has 0 saturated heterocycles. The van der Waals surface area contributed by atoms with E-state index in [0.29, 0.717) is 0 Å². The molecular weight excluding hydrogens is 339 g/mol. The van der Waals surface area contributed by atoms with Crippen LogP contribution in [0.15, 0.2) is 46.5 Å². The van der Waals surface area contributed by atoms with Crippen molar-refractivity contribution in [1.29, 1.82) is 0 Å². The van der Waals surface area contributed by atoms with E-state index in [4.69, 9.17) is 23.2 Å². The maximum Gasteiger partial charge on any atom is 0.0635 e. The number of hydrogen-bond acceptors (Lipinski definition) is 0. The smallest absolute Gasteiger partial charge is 0.0635 e. The minimum absolute atomic E-state index is 0.794. The Morgan fingerprint density at radius 3 is 1.52 bits per heavy atom. The molecular formula is C20H16Cl2Si. The zero-order chi connectivity index (χ0) is 16.2. The number of fused-ring (bicyclic) bond motifs is 2. The Hall–Kier alpha value is -0.243. The fourth-order valence-corrected chi connectivity index (χ4v) is 7.05. The number of halogens is 2. The van der Waals surface area contributed by atoms with Crippen molar-refractivity contribution in [2.75, 3.05) is 0 Å². The second kappa shape index (κ2) is 5.93. The summed E-state index contributed by atoms with van der Waals surface area (Å²) in [6.07, 6.45) is 21.3. The summed E-state index contributed by atoms with van der Waals surface area (Å²) in [5.41, 5.74) is 2.93. The molecule has 0 nitrogen and oxygen atoms in total. The lowest BCUT2D eigenvalue weighted by atomic mass is 9.91. The molecule has 4 rings (SSSR count). The normalized spacial score (nSPS) is 28.2. The molecule has 23 heavy (non-hydrogen) atoms. The van der Waals surface area contributed by atoms with Gasteiger partial charge in [-0.05, 0) is 48.9 Å². The van der Waals surface area contributed by atoms with Gasteiger partial charge in [0.05, 0.1) is 8.07 Å². The van der Waals surface area contributed by atoms with E-state index in [9.17, 15) is 0 Å². The van der Waals surface area contributed by atoms with Crippen LogP contribution < -0.4 is 0 Å². The first-order chi connectivity index (χ1) is 11.0. The van der Waals surface area contributed by atoms with Gasteiger partial charge in [0, 0.05) is 33.7 Å². The summed E-state index contributed by atoms with van der Waals surface area (Å²) in [4.78, 5) is 0. The van der Waals surface area contributed by atoms with Gasteiger partial charge in [0.1, 0.15) is 0 Å². The summed E-state index contributed by atoms with van der Waals surface area (Å²) in [6.45, 7) is 4.83. The molecule has 114 valence electrons. The van der Waals surface area contributed by atoms with Crippen LogP contribution in [0.5, 0.6) is 0 Å². The Kier molecular flexibility index (Phi) is 4.19. The molecule has 2 saturated carbocycles. The molecule has 2 fully saturated rings. The Balaban J connectivity index is 1.57. The molecule has 0 atom stereocenters. The van der Waals surface area contributed by atoms with Crippen molar-refractivity contribution in [3.8, 4) is 0 Å². The monoisotopic (exact) mass is 354 g/mol. The zero-order valence-electron chi connectivity index (χ0n) is 13.0. The lowest BCUT2D eigenvalue weighted by molar-refractivity contribution is 1.13. The Labute approximate surface area is 151 Å². The predicted octanol–water partition coefficient (Wildman–Crippen LogP) is 5.45. The standard InChI is InChI=1S/C20H16Cl2Si/c1-23(2,19-9-3-13-11-15(21)5-7-17(13)19)20-10-4-14-12-16(22)6-8-18(14)20/h3-12H,1-2H3. The molecule has 0 amide bonds. The Morgan fingerprint density at radius 1 is 0.652 bits per heavy atom. The van der Waals surface area contributed by atoms with E-state index >= 15 is 0 Å². The molecule has 0 aromatic heterocycles. The van der Waals surface area contributed by atoms with E-state index in [2.05, 4.69) is 50.9 Å². The van der Waals surface area contributed by atoms with Crippen molar-refractivity contribution in [1.82, 2.24) is 0 Å². The molecule has 0 bridgehead atoms. The summed E-state index contributed by atoms with van der Waals surface area (Å²) >= 11 is 12.3. The molecule has 0 aromatic rings. The molecule has 0 heterocycles. The molecule has 4 aliphatic rings. The first kappa shape index (κ1) is 16.2. The van der Waals surface area contributed by atoms with Gasteiger partial charge in [-0.15, -0.1) is 0 Å². The van der Waals surface area contributed by atoms with Gasteiger partial charge in [0.15, 0.2) is 0 Å². The van der Waals surface area contributed by atoms with Crippen molar-refractivity contribution >= 4 is 31.3 Å². The second-order valence-electron chi connectivity index (χ2n) is 6.58. The van der Waals surface area contributed by atoms with E-state index in [1.807, 2.05) is 24.3 Å². The van der Waals surface area contributed by atoms with Gasteiger partial charge in [-0.3, -0.25) is 0 Å². The average Bonchev–Trinajstić information content (AvgIpc) is 3.10. The molecule has 0 aromatic carbocycles. The molecule has 0 spiro atoms. The highest BCUT2D eigenvalue weighted by molar-refractivity contribution is 6.90. The largest absolute Gasteiger partial charge is 0.0847 e. The van der Waals surface area contributed by atoms with Gasteiger partial charge in [-0.25, -0.2) is 0 Å². The van der Waals surface area contributed by atoms with Crippen LogP contribution in [0.3, 0.4) is 0 Å². The van der Waals surface area contributed by atoms with Crippen LogP contribution in [0.1, 0.15) is 0 Å². The number of rotatable bonds is 2. The summed E-state index contributed by atoms with van der Waals surface area (Å²) in [5, 5.41) is 1.59. The lowest BCUT2D eigenvalue weighted by Crippen LogP contribution is -2.45. The maximum absolute atomic E-state index is 6.13. The minimum Gasteiger partial charge on any atom is -0.0847 e. The minimum atomic E-state index is -1.80. The van der Waals surface area contributed by atoms with Gasteiger partial charge >= 0.3 is 0 Å². The van der Waals surface area contributed by atoms with E-state index in [0.717, 1.165) is 10.1 Å². The maximum atomic E-state index is 6.13. The highest BCUT2D eigenvalue weighted by atomic mass is 35.5. The molecule has 3 heteroatoms. The fraction of sp³-hybridized carbons (Fsp3) is 0.100. The van der Waals surface area contributed by atoms with Gasteiger partial charge in [0.2, 0.25) is 0 Å². The summed E-state index contributed by atoms with van der Waals surface area (Å²) in [5.74, 6) is 5.11. The van der Waals surface area contributed by atoms with Gasteiger partial charge in [0.25, 0.3) is 0 Å². The van der Waals surface area contributed by atoms with Crippen molar-refractivity contribution in [3.05, 3.63) is 107 Å². The molecule has 0 N–H and O–H groups in total. The van der Waals surface area contributed by atoms with Crippen molar-refractivity contribution in [2.45, 2.75) is 13.1 Å². The third-order valence-corrected chi connectivity index (χ3v) is 8.85. The SMILES string of the molecule is C[Si](C)([C]1[CH][CH][C]2C=C(Cl)C=C[C]21)[C]1[CH][CH][C]2C=C(Cl)C=C[C]21. The molecule has 0 aliphatic heterocycles.